The highest BCUT2D eigenvalue weighted by molar-refractivity contribution is 5.80. The van der Waals surface area contributed by atoms with Crippen molar-refractivity contribution in [2.24, 2.45) is 0 Å². The molecule has 1 aliphatic heterocycles. The number of nitrogens with one attached hydrogen (secondary N) is 2. The van der Waals surface area contributed by atoms with Crippen LogP contribution < -0.4 is 20.1 Å². The Bertz CT molecular complexity index is 1160. The van der Waals surface area contributed by atoms with Crippen molar-refractivity contribution >= 4 is 11.8 Å². The average molecular weight is 463 g/mol. The molecule has 1 atom stereocenters. The van der Waals surface area contributed by atoms with Crippen LogP contribution in [0.5, 0.6) is 11.5 Å². The molecule has 0 spiro atoms. The summed E-state index contributed by atoms with van der Waals surface area (Å²) in [4.78, 5) is 24.7. The number of rotatable bonds is 10. The van der Waals surface area contributed by atoms with Crippen LogP contribution in [0, 0.1) is 0 Å². The molecule has 1 aromatic heterocycles. The second-order valence-electron chi connectivity index (χ2n) is 8.60. The van der Waals surface area contributed by atoms with Gasteiger partial charge in [-0.25, -0.2) is 4.68 Å². The molecule has 1 fully saturated rings. The van der Waals surface area contributed by atoms with Gasteiger partial charge in [0.25, 0.3) is 0 Å². The molecule has 8 nitrogen and oxygen atoms in total. The topological polar surface area (TPSA) is 94.5 Å². The maximum absolute atomic E-state index is 12.6. The molecule has 0 aliphatic carbocycles. The van der Waals surface area contributed by atoms with Crippen LogP contribution in [-0.4, -0.2) is 41.4 Å². The number of benzene rings is 2. The van der Waals surface area contributed by atoms with Gasteiger partial charge in [-0.15, -0.1) is 0 Å². The van der Waals surface area contributed by atoms with Gasteiger partial charge < -0.3 is 20.1 Å². The minimum Gasteiger partial charge on any atom is -0.497 e. The van der Waals surface area contributed by atoms with E-state index in [0.717, 1.165) is 28.3 Å². The van der Waals surface area contributed by atoms with Crippen LogP contribution in [0.4, 0.5) is 0 Å². The van der Waals surface area contributed by atoms with Gasteiger partial charge in [-0.3, -0.25) is 9.59 Å². The van der Waals surface area contributed by atoms with Crippen molar-refractivity contribution in [3.63, 3.8) is 0 Å². The molecule has 8 heteroatoms. The van der Waals surface area contributed by atoms with E-state index in [1.165, 1.54) is 0 Å². The Kier molecular flexibility index (Phi) is 7.15. The molecule has 0 radical (unpaired) electrons. The standard InChI is InChI=1S/C26H30N4O4/c1-33-21-7-5-6-19(14-21)15-26(13-11-25(32)29-26)12-10-24(31)27-16-20-17-28-30(18-20)22-8-3-4-9-23(22)34-2/h3-9,14,17-18H,10-13,15-16H2,1-2H3,(H,27,31)(H,29,32). The third-order valence-corrected chi connectivity index (χ3v) is 6.20. The maximum Gasteiger partial charge on any atom is 0.220 e. The molecule has 1 unspecified atom stereocenters. The van der Waals surface area contributed by atoms with E-state index in [9.17, 15) is 9.59 Å². The van der Waals surface area contributed by atoms with Gasteiger partial charge in [0, 0.05) is 36.7 Å². The van der Waals surface area contributed by atoms with E-state index in [-0.39, 0.29) is 11.8 Å². The number of hydrogen-bond donors (Lipinski definition) is 2. The van der Waals surface area contributed by atoms with E-state index in [4.69, 9.17) is 9.47 Å². The minimum absolute atomic E-state index is 0.0343. The van der Waals surface area contributed by atoms with Gasteiger partial charge in [-0.05, 0) is 49.1 Å². The van der Waals surface area contributed by atoms with Crippen molar-refractivity contribution in [1.82, 2.24) is 20.4 Å². The van der Waals surface area contributed by atoms with Gasteiger partial charge in [-0.1, -0.05) is 24.3 Å². The van der Waals surface area contributed by atoms with Crippen molar-refractivity contribution in [3.05, 3.63) is 72.1 Å². The first-order chi connectivity index (χ1) is 16.5. The van der Waals surface area contributed by atoms with Crippen molar-refractivity contribution < 1.29 is 19.1 Å². The number of carbonyl (C=O) groups is 2. The smallest absolute Gasteiger partial charge is 0.220 e. The van der Waals surface area contributed by atoms with Crippen LogP contribution >= 0.6 is 0 Å². The van der Waals surface area contributed by atoms with E-state index in [1.807, 2.05) is 54.7 Å². The summed E-state index contributed by atoms with van der Waals surface area (Å²) in [6.07, 6.45) is 6.35. The molecule has 3 aromatic rings. The van der Waals surface area contributed by atoms with Crippen molar-refractivity contribution in [2.75, 3.05) is 14.2 Å². The largest absolute Gasteiger partial charge is 0.497 e. The molecule has 178 valence electrons. The summed E-state index contributed by atoms with van der Waals surface area (Å²) in [6.45, 7) is 0.378. The maximum atomic E-state index is 12.6. The van der Waals surface area contributed by atoms with Crippen LogP contribution in [0.3, 0.4) is 0 Å². The second-order valence-corrected chi connectivity index (χ2v) is 8.60. The molecule has 2 aromatic carbocycles. The Morgan fingerprint density at radius 3 is 2.76 bits per heavy atom. The fourth-order valence-corrected chi connectivity index (χ4v) is 4.40. The highest BCUT2D eigenvalue weighted by atomic mass is 16.5. The lowest BCUT2D eigenvalue weighted by Gasteiger charge is -2.29. The number of para-hydroxylation sites is 2. The Hall–Kier alpha value is -3.81. The molecule has 1 aliphatic rings. The van der Waals surface area contributed by atoms with Gasteiger partial charge in [0.2, 0.25) is 11.8 Å². The van der Waals surface area contributed by atoms with Gasteiger partial charge in [-0.2, -0.15) is 5.10 Å². The molecule has 2 N–H and O–H groups in total. The number of carbonyl (C=O) groups excluding carboxylic acids is 2. The molecule has 0 bridgehead atoms. The zero-order valence-electron chi connectivity index (χ0n) is 19.5. The zero-order valence-corrected chi connectivity index (χ0v) is 19.5. The van der Waals surface area contributed by atoms with Crippen molar-refractivity contribution in [3.8, 4) is 17.2 Å². The minimum atomic E-state index is -0.421. The Morgan fingerprint density at radius 2 is 2.00 bits per heavy atom. The molecule has 0 saturated carbocycles. The third-order valence-electron chi connectivity index (χ3n) is 6.20. The first-order valence-corrected chi connectivity index (χ1v) is 11.4. The number of methoxy groups -OCH3 is 2. The van der Waals surface area contributed by atoms with Crippen LogP contribution in [0.25, 0.3) is 5.69 Å². The fraction of sp³-hybridized carbons (Fsp3) is 0.346. The first-order valence-electron chi connectivity index (χ1n) is 11.4. The van der Waals surface area contributed by atoms with Crippen LogP contribution in [-0.2, 0) is 22.6 Å². The lowest BCUT2D eigenvalue weighted by Crippen LogP contribution is -2.44. The number of aromatic nitrogens is 2. The highest BCUT2D eigenvalue weighted by Gasteiger charge is 2.37. The summed E-state index contributed by atoms with van der Waals surface area (Å²) in [5.41, 5.74) is 2.37. The summed E-state index contributed by atoms with van der Waals surface area (Å²) < 4.78 is 12.4. The summed E-state index contributed by atoms with van der Waals surface area (Å²) in [6, 6.07) is 15.5. The third kappa shape index (κ3) is 5.57. The van der Waals surface area contributed by atoms with E-state index in [1.54, 1.807) is 25.1 Å². The summed E-state index contributed by atoms with van der Waals surface area (Å²) in [5.74, 6) is 1.48. The lowest BCUT2D eigenvalue weighted by atomic mass is 9.85. The second kappa shape index (κ2) is 10.4. The van der Waals surface area contributed by atoms with E-state index in [2.05, 4.69) is 15.7 Å². The normalized spacial score (nSPS) is 17.3. The first kappa shape index (κ1) is 23.4. The van der Waals surface area contributed by atoms with Crippen LogP contribution in [0.1, 0.15) is 36.8 Å². The molecular formula is C26H30N4O4. The number of amides is 2. The molecule has 34 heavy (non-hydrogen) atoms. The van der Waals surface area contributed by atoms with Gasteiger partial charge in [0.1, 0.15) is 17.2 Å². The Labute approximate surface area is 199 Å². The fourth-order valence-electron chi connectivity index (χ4n) is 4.40. The highest BCUT2D eigenvalue weighted by Crippen LogP contribution is 2.30. The van der Waals surface area contributed by atoms with Gasteiger partial charge >= 0.3 is 0 Å². The Morgan fingerprint density at radius 1 is 1.15 bits per heavy atom. The summed E-state index contributed by atoms with van der Waals surface area (Å²) >= 11 is 0. The number of ether oxygens (including phenoxy) is 2. The molecule has 2 amide bonds. The van der Waals surface area contributed by atoms with E-state index < -0.39 is 5.54 Å². The summed E-state index contributed by atoms with van der Waals surface area (Å²) in [7, 11) is 3.26. The number of hydrogen-bond acceptors (Lipinski definition) is 5. The van der Waals surface area contributed by atoms with Gasteiger partial charge in [0.05, 0.1) is 20.4 Å². The monoisotopic (exact) mass is 462 g/mol. The van der Waals surface area contributed by atoms with Crippen LogP contribution in [0.2, 0.25) is 0 Å². The Balaban J connectivity index is 1.34. The number of nitrogens with zero attached hydrogens (tertiary/aromatic N) is 2. The average Bonchev–Trinajstić information content (AvgIpc) is 3.48. The van der Waals surface area contributed by atoms with Gasteiger partial charge in [0.15, 0.2) is 0 Å². The molecule has 2 heterocycles. The van der Waals surface area contributed by atoms with Crippen molar-refractivity contribution in [1.29, 1.82) is 0 Å². The van der Waals surface area contributed by atoms with Crippen molar-refractivity contribution in [2.45, 2.75) is 44.2 Å². The zero-order chi connectivity index (χ0) is 24.0. The predicted octanol–water partition coefficient (Wildman–Crippen LogP) is 3.18. The molecule has 4 rings (SSSR count). The summed E-state index contributed by atoms with van der Waals surface area (Å²) in [5, 5.41) is 10.5. The molecular weight excluding hydrogens is 432 g/mol. The van der Waals surface area contributed by atoms with E-state index in [0.29, 0.717) is 38.6 Å². The SMILES string of the molecule is COc1cccc(CC2(CCC(=O)NCc3cnn(-c4ccccc4OC)c3)CCC(=O)N2)c1. The van der Waals surface area contributed by atoms with E-state index >= 15 is 0 Å². The lowest BCUT2D eigenvalue weighted by molar-refractivity contribution is -0.122. The predicted molar refractivity (Wildman–Crippen MR) is 128 cm³/mol. The quantitative estimate of drug-likeness (QED) is 0.483. The molecule has 1 saturated heterocycles. The van der Waals surface area contributed by atoms with Crippen LogP contribution in [0.15, 0.2) is 60.9 Å².